The van der Waals surface area contributed by atoms with E-state index in [4.69, 9.17) is 15.6 Å². The van der Waals surface area contributed by atoms with E-state index in [9.17, 15) is 19.2 Å². The number of aliphatic carboxylic acids is 1. The zero-order chi connectivity index (χ0) is 18.8. The molecule has 9 heteroatoms. The lowest BCUT2D eigenvalue weighted by molar-refractivity contribution is -0.151. The lowest BCUT2D eigenvalue weighted by Gasteiger charge is -2.17. The van der Waals surface area contributed by atoms with Crippen LogP contribution in [0, 0.1) is 0 Å². The maximum atomic E-state index is 11.9. The van der Waals surface area contributed by atoms with Crippen LogP contribution in [0.1, 0.15) is 18.4 Å². The van der Waals surface area contributed by atoms with E-state index in [1.807, 2.05) is 0 Å². The second kappa shape index (κ2) is 10.6. The van der Waals surface area contributed by atoms with Crippen LogP contribution in [-0.2, 0) is 30.5 Å². The molecule has 1 amide bonds. The van der Waals surface area contributed by atoms with E-state index < -0.39 is 29.9 Å². The Kier molecular flexibility index (Phi) is 8.79. The van der Waals surface area contributed by atoms with Gasteiger partial charge in [-0.3, -0.25) is 9.59 Å². The first-order valence-electron chi connectivity index (χ1n) is 7.42. The predicted octanol–water partition coefficient (Wildman–Crippen LogP) is 0.371. The van der Waals surface area contributed by atoms with Crippen molar-refractivity contribution in [3.63, 3.8) is 0 Å². The highest BCUT2D eigenvalue weighted by Gasteiger charge is 2.28. The number of carbonyl (C=O) groups is 4. The molecule has 0 unspecified atom stereocenters. The third-order valence-electron chi connectivity index (χ3n) is 3.24. The van der Waals surface area contributed by atoms with Crippen molar-refractivity contribution in [1.29, 1.82) is 0 Å². The molecule has 0 aliphatic rings. The van der Waals surface area contributed by atoms with Crippen LogP contribution in [0.3, 0.4) is 0 Å². The Balaban J connectivity index is 2.53. The quantitative estimate of drug-likeness (QED) is 0.285. The number of Topliss-reactive ketones (excluding diaryl/α,β-unsaturated/α-hetero) is 1. The van der Waals surface area contributed by atoms with Gasteiger partial charge >= 0.3 is 11.9 Å². The Morgan fingerprint density at radius 2 is 1.84 bits per heavy atom. The summed E-state index contributed by atoms with van der Waals surface area (Å²) in [6.45, 7) is -0.0528. The highest BCUT2D eigenvalue weighted by molar-refractivity contribution is 9.09. The maximum absolute atomic E-state index is 11.9. The van der Waals surface area contributed by atoms with Crippen molar-refractivity contribution in [3.8, 4) is 0 Å². The first kappa shape index (κ1) is 20.8. The number of benzene rings is 1. The summed E-state index contributed by atoms with van der Waals surface area (Å²) in [5.74, 6) is -3.47. The predicted molar refractivity (Wildman–Crippen MR) is 91.8 cm³/mol. The first-order chi connectivity index (χ1) is 11.8. The van der Waals surface area contributed by atoms with Crippen molar-refractivity contribution in [2.24, 2.45) is 5.73 Å². The molecule has 136 valence electrons. The molecule has 1 aromatic rings. The number of carboxylic acids is 1. The Bertz CT molecular complexity index is 622. The molecule has 0 aromatic heterocycles. The number of hydrogen-bond donors (Lipinski definition) is 3. The molecule has 2 atom stereocenters. The molecule has 1 rings (SSSR count). The molecular weight excluding hydrogens is 396 g/mol. The number of carbonyl (C=O) groups excluding carboxylic acids is 3. The third kappa shape index (κ3) is 7.44. The number of carboxylic acid groups (broad SMARTS) is 1. The zero-order valence-electron chi connectivity index (χ0n) is 13.3. The average Bonchev–Trinajstić information content (AvgIpc) is 2.62. The summed E-state index contributed by atoms with van der Waals surface area (Å²) in [5, 5.41) is 11.3. The van der Waals surface area contributed by atoms with Crippen LogP contribution < -0.4 is 11.1 Å². The van der Waals surface area contributed by atoms with Gasteiger partial charge in [-0.1, -0.05) is 46.3 Å². The van der Waals surface area contributed by atoms with Crippen molar-refractivity contribution in [1.82, 2.24) is 5.32 Å². The zero-order valence-corrected chi connectivity index (χ0v) is 14.9. The van der Waals surface area contributed by atoms with Gasteiger partial charge in [-0.15, -0.1) is 0 Å². The second-order valence-corrected chi connectivity index (χ2v) is 5.74. The van der Waals surface area contributed by atoms with Gasteiger partial charge in [-0.25, -0.2) is 9.59 Å². The summed E-state index contributed by atoms with van der Waals surface area (Å²) in [4.78, 5) is 46.1. The van der Waals surface area contributed by atoms with Gasteiger partial charge in [-0.05, 0) is 12.0 Å². The number of rotatable bonds is 10. The minimum absolute atomic E-state index is 0.0316. The van der Waals surface area contributed by atoms with Crippen LogP contribution in [0.2, 0.25) is 0 Å². The molecule has 1 aromatic carbocycles. The van der Waals surface area contributed by atoms with E-state index in [0.717, 1.165) is 5.56 Å². The van der Waals surface area contributed by atoms with Crippen molar-refractivity contribution < 1.29 is 29.0 Å². The van der Waals surface area contributed by atoms with Crippen molar-refractivity contribution in [2.75, 3.05) is 5.33 Å². The fourth-order valence-corrected chi connectivity index (χ4v) is 2.10. The van der Waals surface area contributed by atoms with Crippen LogP contribution in [0.15, 0.2) is 30.3 Å². The molecule has 0 aliphatic carbocycles. The number of amides is 1. The van der Waals surface area contributed by atoms with E-state index in [2.05, 4.69) is 21.2 Å². The summed E-state index contributed by atoms with van der Waals surface area (Å²) < 4.78 is 4.94. The summed E-state index contributed by atoms with van der Waals surface area (Å²) >= 11 is 2.97. The topological polar surface area (TPSA) is 136 Å². The summed E-state index contributed by atoms with van der Waals surface area (Å²) in [6.07, 6.45) is -0.131. The van der Waals surface area contributed by atoms with Crippen molar-refractivity contribution in [2.45, 2.75) is 31.5 Å². The minimum Gasteiger partial charge on any atom is -0.480 e. The molecule has 0 fully saturated rings. The van der Waals surface area contributed by atoms with Crippen LogP contribution in [0.4, 0.5) is 0 Å². The summed E-state index contributed by atoms with van der Waals surface area (Å²) in [6, 6.07) is 5.83. The van der Waals surface area contributed by atoms with Crippen LogP contribution in [-0.4, -0.2) is 46.1 Å². The lowest BCUT2D eigenvalue weighted by Crippen LogP contribution is -2.52. The van der Waals surface area contributed by atoms with E-state index in [1.165, 1.54) is 0 Å². The number of halogens is 1. The van der Waals surface area contributed by atoms with Gasteiger partial charge in [0.15, 0.2) is 6.04 Å². The Morgan fingerprint density at radius 1 is 1.20 bits per heavy atom. The van der Waals surface area contributed by atoms with E-state index in [0.29, 0.717) is 0 Å². The van der Waals surface area contributed by atoms with E-state index in [-0.39, 0.29) is 30.6 Å². The first-order valence-corrected chi connectivity index (χ1v) is 8.54. The fraction of sp³-hybridized carbons (Fsp3) is 0.375. The van der Waals surface area contributed by atoms with Gasteiger partial charge in [0.25, 0.3) is 0 Å². The molecule has 0 bridgehead atoms. The molecule has 4 N–H and O–H groups in total. The number of ketones is 1. The molecule has 0 heterocycles. The Hall–Kier alpha value is -2.26. The SMILES string of the molecule is N[C@@H](C(=O)N[C@@H](CCC(=O)CBr)C(=O)O)C(=O)OCc1ccccc1. The van der Waals surface area contributed by atoms with Gasteiger partial charge in [0.2, 0.25) is 5.91 Å². The number of ether oxygens (including phenoxy) is 1. The number of alkyl halides is 1. The third-order valence-corrected chi connectivity index (χ3v) is 3.86. The number of hydrogen-bond acceptors (Lipinski definition) is 6. The molecule has 0 spiro atoms. The molecule has 0 saturated carbocycles. The highest BCUT2D eigenvalue weighted by atomic mass is 79.9. The van der Waals surface area contributed by atoms with Crippen LogP contribution in [0.5, 0.6) is 0 Å². The molecule has 25 heavy (non-hydrogen) atoms. The van der Waals surface area contributed by atoms with Gasteiger partial charge in [0.1, 0.15) is 18.4 Å². The largest absolute Gasteiger partial charge is 0.480 e. The van der Waals surface area contributed by atoms with E-state index in [1.54, 1.807) is 30.3 Å². The smallest absolute Gasteiger partial charge is 0.333 e. The van der Waals surface area contributed by atoms with Gasteiger partial charge in [-0.2, -0.15) is 0 Å². The van der Waals surface area contributed by atoms with Gasteiger partial charge < -0.3 is 20.9 Å². The average molecular weight is 415 g/mol. The van der Waals surface area contributed by atoms with Crippen LogP contribution >= 0.6 is 15.9 Å². The molecule has 0 radical (unpaired) electrons. The molecular formula is C16H19BrN2O6. The molecule has 0 aliphatic heterocycles. The minimum atomic E-state index is -1.66. The monoisotopic (exact) mass is 414 g/mol. The second-order valence-electron chi connectivity index (χ2n) is 5.18. The lowest BCUT2D eigenvalue weighted by atomic mass is 10.1. The number of nitrogens with one attached hydrogen (secondary N) is 1. The summed E-state index contributed by atoms with van der Waals surface area (Å²) in [7, 11) is 0. The standard InChI is InChI=1S/C16H19BrN2O6/c17-8-11(20)6-7-12(15(22)23)19-14(21)13(18)16(24)25-9-10-4-2-1-3-5-10/h1-5,12-13H,6-9,18H2,(H,19,21)(H,22,23)/t12-,13-/m0/s1. The molecule has 0 saturated heterocycles. The van der Waals surface area contributed by atoms with Crippen LogP contribution in [0.25, 0.3) is 0 Å². The summed E-state index contributed by atoms with van der Waals surface area (Å²) in [5.41, 5.74) is 6.22. The highest BCUT2D eigenvalue weighted by Crippen LogP contribution is 2.04. The number of esters is 1. The fourth-order valence-electron chi connectivity index (χ4n) is 1.82. The maximum Gasteiger partial charge on any atom is 0.333 e. The number of nitrogens with two attached hydrogens (primary N) is 1. The van der Waals surface area contributed by atoms with Gasteiger partial charge in [0.05, 0.1) is 5.33 Å². The Labute approximate surface area is 152 Å². The van der Waals surface area contributed by atoms with Crippen molar-refractivity contribution >= 4 is 39.6 Å². The van der Waals surface area contributed by atoms with Gasteiger partial charge in [0, 0.05) is 6.42 Å². The Morgan fingerprint density at radius 3 is 2.40 bits per heavy atom. The van der Waals surface area contributed by atoms with Crippen molar-refractivity contribution in [3.05, 3.63) is 35.9 Å². The molecule has 8 nitrogen and oxygen atoms in total. The van der Waals surface area contributed by atoms with E-state index >= 15 is 0 Å². The normalized spacial score (nSPS) is 12.7.